The van der Waals surface area contributed by atoms with E-state index < -0.39 is 25.2 Å². The molecule has 0 aromatic rings. The van der Waals surface area contributed by atoms with Gasteiger partial charge in [-0.1, -0.05) is 0 Å². The second-order valence-electron chi connectivity index (χ2n) is 1.68. The van der Waals surface area contributed by atoms with Crippen LogP contribution in [0.5, 0.6) is 0 Å². The van der Waals surface area contributed by atoms with Crippen molar-refractivity contribution in [1.82, 2.24) is 0 Å². The summed E-state index contributed by atoms with van der Waals surface area (Å²) in [6.45, 7) is 0. The van der Waals surface area contributed by atoms with Crippen molar-refractivity contribution in [2.75, 3.05) is 0 Å². The van der Waals surface area contributed by atoms with Crippen molar-refractivity contribution in [1.29, 1.82) is 0 Å². The summed E-state index contributed by atoms with van der Waals surface area (Å²) in [6.07, 6.45) is -16.7. The van der Waals surface area contributed by atoms with E-state index in [4.69, 9.17) is 0 Å². The van der Waals surface area contributed by atoms with Crippen LogP contribution in [-0.4, -0.2) is 25.2 Å². The molecule has 0 fully saturated rings. The molecule has 0 rings (SSSR count). The van der Waals surface area contributed by atoms with E-state index in [0.29, 0.717) is 0 Å². The number of rotatable bonds is 4. The predicted molar refractivity (Wildman–Crippen MR) is 22.5 cm³/mol. The molecule has 73 valence electrons. The molecule has 0 N–H and O–H groups in total. The van der Waals surface area contributed by atoms with Crippen molar-refractivity contribution < 1.29 is 36.2 Å². The van der Waals surface area contributed by atoms with Crippen LogP contribution < -0.4 is 0 Å². The van der Waals surface area contributed by atoms with Crippen molar-refractivity contribution in [2.45, 2.75) is 25.2 Å². The minimum atomic E-state index is -5.12. The Morgan fingerprint density at radius 1 is 1.08 bits per heavy atom. The molecule has 0 aliphatic rings. The zero-order valence-corrected chi connectivity index (χ0v) is 5.32. The predicted octanol–water partition coefficient (Wildman–Crippen LogP) is 1.88. The fraction of sp³-hybridized carbons (Fsp3) is 1.00. The lowest BCUT2D eigenvalue weighted by atomic mass is 10.6. The van der Waals surface area contributed by atoms with Gasteiger partial charge in [-0.3, -0.25) is 4.74 Å². The Balaban J connectivity index is 4.05. The van der Waals surface area contributed by atoms with E-state index in [2.05, 4.69) is 4.74 Å². The van der Waals surface area contributed by atoms with E-state index in [1.165, 1.54) is 0 Å². The quantitative estimate of drug-likeness (QED) is 0.499. The monoisotopic (exact) mass is 197 g/mol. The molecule has 1 atom stereocenters. The average molecular weight is 197 g/mol. The Morgan fingerprint density at radius 3 is 1.75 bits per heavy atom. The van der Waals surface area contributed by atoms with Gasteiger partial charge in [-0.25, -0.2) is 17.6 Å². The van der Waals surface area contributed by atoms with Crippen molar-refractivity contribution >= 4 is 0 Å². The fourth-order valence-electron chi connectivity index (χ4n) is 0.258. The summed E-state index contributed by atoms with van der Waals surface area (Å²) in [4.78, 5) is 0. The van der Waals surface area contributed by atoms with Crippen LogP contribution in [-0.2, 0) is 9.84 Å². The first-order valence-electron chi connectivity index (χ1n) is 2.55. The molecule has 0 aromatic carbocycles. The first-order valence-corrected chi connectivity index (χ1v) is 2.55. The topological polar surface area (TPSA) is 29.1 Å². The van der Waals surface area contributed by atoms with Gasteiger partial charge in [-0.2, -0.15) is 13.9 Å². The first kappa shape index (κ1) is 11.5. The van der Waals surface area contributed by atoms with E-state index >= 15 is 0 Å². The van der Waals surface area contributed by atoms with Gasteiger partial charge in [-0.05, 0) is 0 Å². The maximum atomic E-state index is 11.7. The van der Waals surface area contributed by atoms with Crippen molar-refractivity contribution in [3.05, 3.63) is 0 Å². The number of ether oxygens (including phenoxy) is 1. The van der Waals surface area contributed by atoms with E-state index in [1.54, 1.807) is 0 Å². The minimum Gasteiger partial charge on any atom is -0.277 e. The highest BCUT2D eigenvalue weighted by Gasteiger charge is 2.46. The highest BCUT2D eigenvalue weighted by molar-refractivity contribution is 4.57. The third-order valence-electron chi connectivity index (χ3n) is 0.733. The van der Waals surface area contributed by atoms with Crippen molar-refractivity contribution in [3.8, 4) is 0 Å². The van der Waals surface area contributed by atoms with Gasteiger partial charge in [-0.15, -0.1) is 0 Å². The number of hydrogen-bond donors (Lipinski definition) is 0. The second kappa shape index (κ2) is 3.94. The van der Waals surface area contributed by atoms with Crippen LogP contribution >= 0.6 is 0 Å². The number of halogens is 6. The average Bonchev–Trinajstić information content (AvgIpc) is 1.85. The molecule has 0 bridgehead atoms. The maximum absolute atomic E-state index is 11.7. The Kier molecular flexibility index (Phi) is 3.78. The summed E-state index contributed by atoms with van der Waals surface area (Å²) >= 11 is 0. The third-order valence-corrected chi connectivity index (χ3v) is 0.733. The molecule has 2 nitrogen and oxygen atoms in total. The zero-order valence-electron chi connectivity index (χ0n) is 5.32. The maximum Gasteiger partial charge on any atom is 0.418 e. The van der Waals surface area contributed by atoms with Gasteiger partial charge < -0.3 is 0 Å². The molecule has 12 heavy (non-hydrogen) atoms. The molecular weight excluding hydrogens is 194 g/mol. The Bertz CT molecular complexity index is 138. The molecule has 0 amide bonds. The van der Waals surface area contributed by atoms with Gasteiger partial charge in [0.15, 0.2) is 0 Å². The number of alkyl halides is 6. The molecule has 1 unspecified atom stereocenters. The molecule has 0 saturated carbocycles. The third kappa shape index (κ3) is 3.26. The largest absolute Gasteiger partial charge is 0.418 e. The molecular formula is C4H3F6O2. The van der Waals surface area contributed by atoms with Gasteiger partial charge in [0.1, 0.15) is 0 Å². The molecule has 8 heteroatoms. The molecule has 0 aliphatic carbocycles. The first-order chi connectivity index (χ1) is 5.27. The van der Waals surface area contributed by atoms with Crippen LogP contribution in [0.15, 0.2) is 0 Å². The lowest BCUT2D eigenvalue weighted by Crippen LogP contribution is -2.37. The van der Waals surface area contributed by atoms with Gasteiger partial charge >= 0.3 is 12.5 Å². The Hall–Kier alpha value is -0.500. The summed E-state index contributed by atoms with van der Waals surface area (Å²) in [6, 6.07) is 0. The van der Waals surface area contributed by atoms with Crippen LogP contribution in [0, 0.1) is 0 Å². The number of hydrogen-bond acceptors (Lipinski definition) is 1. The normalized spacial score (nSPS) is 15.8. The van der Waals surface area contributed by atoms with Crippen LogP contribution in [0.1, 0.15) is 0 Å². The Morgan fingerprint density at radius 2 is 1.50 bits per heavy atom. The van der Waals surface area contributed by atoms with Crippen LogP contribution in [0.3, 0.4) is 0 Å². The Labute approximate surface area is 62.7 Å². The van der Waals surface area contributed by atoms with Crippen LogP contribution in [0.25, 0.3) is 0 Å². The van der Waals surface area contributed by atoms with E-state index in [1.807, 2.05) is 0 Å². The van der Waals surface area contributed by atoms with Crippen molar-refractivity contribution in [3.63, 3.8) is 0 Å². The van der Waals surface area contributed by atoms with Gasteiger partial charge in [0.25, 0.3) is 12.7 Å². The minimum absolute atomic E-state index is 2.57. The molecule has 0 heterocycles. The van der Waals surface area contributed by atoms with Crippen molar-refractivity contribution in [2.24, 2.45) is 0 Å². The standard InChI is InChI=1S/C4H3F6O2/c5-1(6)2(11)12-4(9,10)3(7)8/h1-3H. The highest BCUT2D eigenvalue weighted by Crippen LogP contribution is 2.26. The molecule has 1 radical (unpaired) electrons. The van der Waals surface area contributed by atoms with Crippen LogP contribution in [0.4, 0.5) is 26.3 Å². The van der Waals surface area contributed by atoms with Crippen LogP contribution in [0.2, 0.25) is 0 Å². The van der Waals surface area contributed by atoms with E-state index in [9.17, 15) is 31.4 Å². The molecule has 0 aromatic heterocycles. The summed E-state index contributed by atoms with van der Waals surface area (Å²) in [5.41, 5.74) is 0. The van der Waals surface area contributed by atoms with Gasteiger partial charge in [0.05, 0.1) is 0 Å². The highest BCUT2D eigenvalue weighted by atomic mass is 19.3. The molecule has 0 spiro atoms. The van der Waals surface area contributed by atoms with Gasteiger partial charge in [0, 0.05) is 0 Å². The SMILES string of the molecule is [O]C(OC(F)(F)C(F)F)C(F)F. The summed E-state index contributed by atoms with van der Waals surface area (Å²) in [5.74, 6) is 0. The lowest BCUT2D eigenvalue weighted by molar-refractivity contribution is -0.376. The van der Waals surface area contributed by atoms with E-state index in [0.717, 1.165) is 0 Å². The second-order valence-corrected chi connectivity index (χ2v) is 1.68. The summed E-state index contributed by atoms with van der Waals surface area (Å²) < 4.78 is 70.6. The van der Waals surface area contributed by atoms with E-state index in [-0.39, 0.29) is 0 Å². The van der Waals surface area contributed by atoms with Gasteiger partial charge in [0.2, 0.25) is 0 Å². The summed E-state index contributed by atoms with van der Waals surface area (Å²) in [5, 5.41) is 9.76. The summed E-state index contributed by atoms with van der Waals surface area (Å²) in [7, 11) is 0. The molecule has 0 saturated heterocycles. The smallest absolute Gasteiger partial charge is 0.277 e. The lowest BCUT2D eigenvalue weighted by Gasteiger charge is -2.17. The molecule has 0 aliphatic heterocycles. The zero-order chi connectivity index (χ0) is 9.94. The fourth-order valence-corrected chi connectivity index (χ4v) is 0.258.